The Labute approximate surface area is 169 Å². The van der Waals surface area contributed by atoms with E-state index in [9.17, 15) is 19.2 Å². The summed E-state index contributed by atoms with van der Waals surface area (Å²) in [6, 6.07) is 0. The summed E-state index contributed by atoms with van der Waals surface area (Å²) in [4.78, 5) is 56.8. The average molecular weight is 399 g/mol. The van der Waals surface area contributed by atoms with Crippen LogP contribution in [-0.2, 0) is 29.0 Å². The van der Waals surface area contributed by atoms with Crippen molar-refractivity contribution in [3.05, 3.63) is 0 Å². The second-order valence-electron chi connectivity index (χ2n) is 8.25. The van der Waals surface area contributed by atoms with Gasteiger partial charge in [-0.3, -0.25) is 9.59 Å². The molecule has 0 saturated carbocycles. The normalized spacial score (nSPS) is 15.2. The van der Waals surface area contributed by atoms with Crippen LogP contribution in [0.4, 0.5) is 0 Å². The van der Waals surface area contributed by atoms with Gasteiger partial charge in [-0.15, -0.1) is 0 Å². The summed E-state index contributed by atoms with van der Waals surface area (Å²) in [5.74, 6) is -1.43. The molecule has 0 aromatic rings. The van der Waals surface area contributed by atoms with E-state index in [1.54, 1.807) is 13.8 Å². The second-order valence-corrected chi connectivity index (χ2v) is 8.25. The van der Waals surface area contributed by atoms with Gasteiger partial charge in [0.2, 0.25) is 0 Å². The van der Waals surface area contributed by atoms with E-state index in [2.05, 4.69) is 9.78 Å². The van der Waals surface area contributed by atoms with Gasteiger partial charge in [-0.05, 0) is 24.7 Å². The lowest BCUT2D eigenvalue weighted by Gasteiger charge is -2.14. The van der Waals surface area contributed by atoms with Crippen molar-refractivity contribution < 1.29 is 29.0 Å². The van der Waals surface area contributed by atoms with Crippen molar-refractivity contribution in [2.75, 3.05) is 0 Å². The van der Waals surface area contributed by atoms with E-state index in [1.807, 2.05) is 27.7 Å². The van der Waals surface area contributed by atoms with E-state index in [-0.39, 0.29) is 48.1 Å². The number of ketones is 2. The first-order valence-electron chi connectivity index (χ1n) is 10.6. The molecule has 4 atom stereocenters. The number of rotatable bonds is 14. The molecule has 0 N–H and O–H groups in total. The van der Waals surface area contributed by atoms with Crippen molar-refractivity contribution in [1.29, 1.82) is 0 Å². The molecule has 6 nitrogen and oxygen atoms in total. The summed E-state index contributed by atoms with van der Waals surface area (Å²) in [5, 5.41) is 0. The molecule has 0 aliphatic carbocycles. The minimum atomic E-state index is -0.669. The van der Waals surface area contributed by atoms with Gasteiger partial charge in [-0.25, -0.2) is 19.4 Å². The molecule has 162 valence electrons. The fraction of sp³-hybridized carbons (Fsp3) is 0.818. The smallest absolute Gasteiger partial charge is 0.299 e. The fourth-order valence-corrected chi connectivity index (χ4v) is 3.15. The predicted molar refractivity (Wildman–Crippen MR) is 107 cm³/mol. The highest BCUT2D eigenvalue weighted by atomic mass is 17.2. The first kappa shape index (κ1) is 26.3. The largest absolute Gasteiger partial charge is 0.355 e. The van der Waals surface area contributed by atoms with E-state index in [0.717, 1.165) is 25.7 Å². The van der Waals surface area contributed by atoms with Gasteiger partial charge in [0.15, 0.2) is 0 Å². The lowest BCUT2D eigenvalue weighted by Crippen LogP contribution is -2.20. The third-order valence-electron chi connectivity index (χ3n) is 4.90. The van der Waals surface area contributed by atoms with Crippen molar-refractivity contribution in [2.24, 2.45) is 23.7 Å². The molecule has 0 aromatic carbocycles. The maximum Gasteiger partial charge on any atom is 0.355 e. The summed E-state index contributed by atoms with van der Waals surface area (Å²) in [6.07, 6.45) is 4.21. The van der Waals surface area contributed by atoms with Crippen molar-refractivity contribution in [3.63, 3.8) is 0 Å². The molecule has 0 aliphatic heterocycles. The van der Waals surface area contributed by atoms with E-state index < -0.39 is 11.9 Å². The lowest BCUT2D eigenvalue weighted by atomic mass is 9.92. The molecule has 0 fully saturated rings. The van der Waals surface area contributed by atoms with Crippen molar-refractivity contribution >= 4 is 23.5 Å². The standard InChI is InChI=1S/C22H38O6/c1-7-9-17(5)19(23)11-15(3)13-21(25)27-28-22(26)14-16(4)12-20(24)18(6)10-8-2/h15-18H,7-14H2,1-6H3. The van der Waals surface area contributed by atoms with E-state index in [4.69, 9.17) is 0 Å². The first-order valence-corrected chi connectivity index (χ1v) is 10.6. The third-order valence-corrected chi connectivity index (χ3v) is 4.90. The maximum absolute atomic E-state index is 12.0. The van der Waals surface area contributed by atoms with Crippen LogP contribution >= 0.6 is 0 Å². The van der Waals surface area contributed by atoms with Gasteiger partial charge in [0.25, 0.3) is 0 Å². The highest BCUT2D eigenvalue weighted by molar-refractivity contribution is 5.82. The van der Waals surface area contributed by atoms with Gasteiger partial charge in [0, 0.05) is 24.7 Å². The molecular weight excluding hydrogens is 360 g/mol. The van der Waals surface area contributed by atoms with Gasteiger partial charge in [-0.1, -0.05) is 54.4 Å². The zero-order valence-electron chi connectivity index (χ0n) is 18.4. The SMILES string of the molecule is CCCC(C)C(=O)CC(C)CC(=O)OOC(=O)CC(C)CC(=O)C(C)CCC. The minimum Gasteiger partial charge on any atom is -0.299 e. The summed E-state index contributed by atoms with van der Waals surface area (Å²) in [7, 11) is 0. The number of carbonyl (C=O) groups excluding carboxylic acids is 4. The Morgan fingerprint density at radius 1 is 0.607 bits per heavy atom. The molecule has 0 aliphatic rings. The van der Waals surface area contributed by atoms with Crippen molar-refractivity contribution in [3.8, 4) is 0 Å². The molecule has 0 saturated heterocycles. The van der Waals surface area contributed by atoms with Crippen molar-refractivity contribution in [2.45, 2.75) is 92.9 Å². The molecule has 4 unspecified atom stereocenters. The average Bonchev–Trinajstić information content (AvgIpc) is 2.59. The Morgan fingerprint density at radius 2 is 0.929 bits per heavy atom. The molecule has 0 heterocycles. The number of carbonyl (C=O) groups is 4. The number of Topliss-reactive ketones (excluding diaryl/α,β-unsaturated/α-hetero) is 2. The Balaban J connectivity index is 4.15. The third kappa shape index (κ3) is 11.9. The van der Waals surface area contributed by atoms with Crippen LogP contribution in [0.3, 0.4) is 0 Å². The molecule has 0 rings (SSSR count). The predicted octanol–water partition coefficient (Wildman–Crippen LogP) is 4.83. The van der Waals surface area contributed by atoms with Crippen molar-refractivity contribution in [1.82, 2.24) is 0 Å². The molecule has 0 spiro atoms. The van der Waals surface area contributed by atoms with Gasteiger partial charge >= 0.3 is 11.9 Å². The van der Waals surface area contributed by atoms with Crippen LogP contribution in [0.15, 0.2) is 0 Å². The van der Waals surface area contributed by atoms with Gasteiger partial charge in [0.05, 0.1) is 12.8 Å². The van der Waals surface area contributed by atoms with Crippen LogP contribution in [0.25, 0.3) is 0 Å². The molecule has 0 amide bonds. The fourth-order valence-electron chi connectivity index (χ4n) is 3.15. The summed E-state index contributed by atoms with van der Waals surface area (Å²) in [5.41, 5.74) is 0. The Hall–Kier alpha value is -1.72. The lowest BCUT2D eigenvalue weighted by molar-refractivity contribution is -0.260. The van der Waals surface area contributed by atoms with Gasteiger partial charge < -0.3 is 0 Å². The molecule has 28 heavy (non-hydrogen) atoms. The first-order chi connectivity index (χ1) is 13.1. The van der Waals surface area contributed by atoms with Gasteiger partial charge in [0.1, 0.15) is 11.6 Å². The van der Waals surface area contributed by atoms with Crippen LogP contribution < -0.4 is 0 Å². The van der Waals surface area contributed by atoms with Gasteiger partial charge in [-0.2, -0.15) is 0 Å². The molecule has 0 radical (unpaired) electrons. The quantitative estimate of drug-likeness (QED) is 0.308. The number of hydrogen-bond acceptors (Lipinski definition) is 6. The monoisotopic (exact) mass is 398 g/mol. The molecule has 0 aromatic heterocycles. The molecule has 0 bridgehead atoms. The van der Waals surface area contributed by atoms with Crippen LogP contribution in [0.1, 0.15) is 92.9 Å². The summed E-state index contributed by atoms with van der Waals surface area (Å²) >= 11 is 0. The Bertz CT molecular complexity index is 467. The molecule has 6 heteroatoms. The van der Waals surface area contributed by atoms with E-state index in [0.29, 0.717) is 12.8 Å². The molecular formula is C22H38O6. The highest BCUT2D eigenvalue weighted by Crippen LogP contribution is 2.18. The maximum atomic E-state index is 12.0. The second kappa shape index (κ2) is 14.3. The zero-order chi connectivity index (χ0) is 21.7. The number of hydrogen-bond donors (Lipinski definition) is 0. The van der Waals surface area contributed by atoms with Crippen LogP contribution in [0.5, 0.6) is 0 Å². The zero-order valence-corrected chi connectivity index (χ0v) is 18.4. The van der Waals surface area contributed by atoms with Crippen LogP contribution in [0.2, 0.25) is 0 Å². The topological polar surface area (TPSA) is 86.7 Å². The summed E-state index contributed by atoms with van der Waals surface area (Å²) < 4.78 is 0. The highest BCUT2D eigenvalue weighted by Gasteiger charge is 2.21. The van der Waals surface area contributed by atoms with Crippen LogP contribution in [0, 0.1) is 23.7 Å². The Kier molecular flexibility index (Phi) is 13.4. The summed E-state index contributed by atoms with van der Waals surface area (Å²) in [6.45, 7) is 11.4. The van der Waals surface area contributed by atoms with E-state index >= 15 is 0 Å². The van der Waals surface area contributed by atoms with E-state index in [1.165, 1.54) is 0 Å². The minimum absolute atomic E-state index is 0.00876. The Morgan fingerprint density at radius 3 is 1.21 bits per heavy atom. The van der Waals surface area contributed by atoms with Crippen LogP contribution in [-0.4, -0.2) is 23.5 Å².